The average molecular weight is 457 g/mol. The zero-order valence-corrected chi connectivity index (χ0v) is 16.8. The van der Waals surface area contributed by atoms with Crippen LogP contribution in [0.2, 0.25) is 0 Å². The molecule has 1 fully saturated rings. The van der Waals surface area contributed by atoms with Crippen molar-refractivity contribution in [3.8, 4) is 5.75 Å². The van der Waals surface area contributed by atoms with Gasteiger partial charge < -0.3 is 4.74 Å². The van der Waals surface area contributed by atoms with Gasteiger partial charge in [-0.1, -0.05) is 0 Å². The smallest absolute Gasteiger partial charge is 0.406 e. The van der Waals surface area contributed by atoms with E-state index in [-0.39, 0.29) is 16.0 Å². The average Bonchev–Trinajstić information content (AvgIpc) is 3.27. The summed E-state index contributed by atoms with van der Waals surface area (Å²) >= 11 is 0. The van der Waals surface area contributed by atoms with E-state index in [4.69, 9.17) is 0 Å². The van der Waals surface area contributed by atoms with E-state index in [1.54, 1.807) is 0 Å². The van der Waals surface area contributed by atoms with Crippen molar-refractivity contribution >= 4 is 21.8 Å². The van der Waals surface area contributed by atoms with Gasteiger partial charge in [-0.25, -0.2) is 8.42 Å². The molecule has 0 aromatic heterocycles. The first-order chi connectivity index (χ1) is 14.6. The van der Waals surface area contributed by atoms with Gasteiger partial charge in [-0.05, 0) is 61.4 Å². The monoisotopic (exact) mass is 457 g/mol. The molecule has 0 spiro atoms. The number of hydrogen-bond acceptors (Lipinski definition) is 5. The third-order valence-electron chi connectivity index (χ3n) is 4.46. The number of halogens is 3. The van der Waals surface area contributed by atoms with E-state index in [9.17, 15) is 31.2 Å². The minimum atomic E-state index is -4.85. The van der Waals surface area contributed by atoms with Gasteiger partial charge in [0.2, 0.25) is 10.0 Å². The Bertz CT molecular complexity index is 1050. The van der Waals surface area contributed by atoms with Gasteiger partial charge >= 0.3 is 6.36 Å². The second-order valence-corrected chi connectivity index (χ2v) is 8.55. The molecule has 166 valence electrons. The van der Waals surface area contributed by atoms with Crippen LogP contribution in [0.5, 0.6) is 5.75 Å². The van der Waals surface area contributed by atoms with Crippen LogP contribution in [0.15, 0.2) is 53.4 Å². The number of carbonyl (C=O) groups excluding carboxylic acids is 2. The molecule has 2 aromatic rings. The minimum Gasteiger partial charge on any atom is -0.406 e. The van der Waals surface area contributed by atoms with Crippen molar-refractivity contribution in [2.75, 3.05) is 13.1 Å². The van der Waals surface area contributed by atoms with E-state index >= 15 is 0 Å². The summed E-state index contributed by atoms with van der Waals surface area (Å²) in [5.41, 5.74) is 4.37. The van der Waals surface area contributed by atoms with Crippen LogP contribution in [0.1, 0.15) is 33.6 Å². The maximum atomic E-state index is 12.5. The van der Waals surface area contributed by atoms with Gasteiger partial charge in [-0.2, -0.15) is 4.31 Å². The van der Waals surface area contributed by atoms with Crippen LogP contribution in [0, 0.1) is 0 Å². The van der Waals surface area contributed by atoms with Crippen LogP contribution in [-0.4, -0.2) is 44.0 Å². The molecule has 2 amide bonds. The molecule has 0 atom stereocenters. The van der Waals surface area contributed by atoms with Gasteiger partial charge in [0.1, 0.15) is 5.75 Å². The number of amides is 2. The maximum Gasteiger partial charge on any atom is 0.573 e. The number of benzene rings is 2. The van der Waals surface area contributed by atoms with E-state index in [2.05, 4.69) is 15.6 Å². The van der Waals surface area contributed by atoms with Crippen molar-refractivity contribution in [3.63, 3.8) is 0 Å². The number of nitrogens with one attached hydrogen (secondary N) is 2. The van der Waals surface area contributed by atoms with Gasteiger partial charge in [0, 0.05) is 24.2 Å². The predicted molar refractivity (Wildman–Crippen MR) is 102 cm³/mol. The van der Waals surface area contributed by atoms with E-state index < -0.39 is 33.9 Å². The molecular formula is C19H18F3N3O5S. The standard InChI is InChI=1S/C19H18F3N3O5S/c20-19(21,22)30-15-7-3-13(4-8-15)17(26)23-24-18(27)14-5-9-16(10-6-14)31(28,29)25-11-1-2-12-25/h3-10H,1-2,11-12H2,(H,23,26)(H,24,27). The Balaban J connectivity index is 1.57. The summed E-state index contributed by atoms with van der Waals surface area (Å²) in [4.78, 5) is 24.3. The Morgan fingerprint density at radius 1 is 0.839 bits per heavy atom. The summed E-state index contributed by atoms with van der Waals surface area (Å²) in [5, 5.41) is 0. The highest BCUT2D eigenvalue weighted by atomic mass is 32.2. The highest BCUT2D eigenvalue weighted by Crippen LogP contribution is 2.23. The largest absolute Gasteiger partial charge is 0.573 e. The number of alkyl halides is 3. The number of sulfonamides is 1. The van der Waals surface area contributed by atoms with Gasteiger partial charge in [-0.15, -0.1) is 13.2 Å². The molecule has 0 bridgehead atoms. The highest BCUT2D eigenvalue weighted by molar-refractivity contribution is 7.89. The molecule has 1 saturated heterocycles. The molecule has 3 rings (SSSR count). The zero-order chi connectivity index (χ0) is 22.6. The van der Waals surface area contributed by atoms with E-state index in [1.165, 1.54) is 28.6 Å². The first kappa shape index (κ1) is 22.6. The van der Waals surface area contributed by atoms with E-state index in [0.29, 0.717) is 13.1 Å². The Kier molecular flexibility index (Phi) is 6.51. The molecule has 0 aliphatic carbocycles. The number of hydrazine groups is 1. The number of ether oxygens (including phenoxy) is 1. The predicted octanol–water partition coefficient (Wildman–Crippen LogP) is 2.44. The van der Waals surface area contributed by atoms with Crippen molar-refractivity contribution < 1.29 is 35.9 Å². The van der Waals surface area contributed by atoms with Gasteiger partial charge in [0.15, 0.2) is 0 Å². The van der Waals surface area contributed by atoms with Crippen molar-refractivity contribution in [2.24, 2.45) is 0 Å². The second-order valence-electron chi connectivity index (χ2n) is 6.62. The van der Waals surface area contributed by atoms with Gasteiger partial charge in [0.25, 0.3) is 11.8 Å². The third kappa shape index (κ3) is 5.73. The van der Waals surface area contributed by atoms with Crippen molar-refractivity contribution in [3.05, 3.63) is 59.7 Å². The van der Waals surface area contributed by atoms with Crippen LogP contribution in [0.3, 0.4) is 0 Å². The first-order valence-corrected chi connectivity index (χ1v) is 10.6. The third-order valence-corrected chi connectivity index (χ3v) is 6.37. The Hall–Kier alpha value is -3.12. The second kappa shape index (κ2) is 8.94. The first-order valence-electron chi connectivity index (χ1n) is 9.13. The Morgan fingerprint density at radius 2 is 1.29 bits per heavy atom. The zero-order valence-electron chi connectivity index (χ0n) is 16.0. The lowest BCUT2D eigenvalue weighted by Crippen LogP contribution is -2.41. The molecule has 12 heteroatoms. The molecule has 2 N–H and O–H groups in total. The topological polar surface area (TPSA) is 105 Å². The molecule has 1 aliphatic heterocycles. The van der Waals surface area contributed by atoms with Crippen LogP contribution in [0.4, 0.5) is 13.2 Å². The maximum absolute atomic E-state index is 12.5. The summed E-state index contributed by atoms with van der Waals surface area (Å²) in [5.74, 6) is -1.95. The summed E-state index contributed by atoms with van der Waals surface area (Å²) < 4.78 is 66.5. The highest BCUT2D eigenvalue weighted by Gasteiger charge is 2.31. The molecule has 1 heterocycles. The van der Waals surface area contributed by atoms with Crippen LogP contribution < -0.4 is 15.6 Å². The minimum absolute atomic E-state index is 0.0121. The van der Waals surface area contributed by atoms with Crippen molar-refractivity contribution in [2.45, 2.75) is 24.1 Å². The van der Waals surface area contributed by atoms with Crippen LogP contribution >= 0.6 is 0 Å². The normalized spacial score (nSPS) is 14.8. The number of nitrogens with zero attached hydrogens (tertiary/aromatic N) is 1. The molecule has 8 nitrogen and oxygen atoms in total. The molecule has 0 radical (unpaired) electrons. The van der Waals surface area contributed by atoms with Crippen molar-refractivity contribution in [1.82, 2.24) is 15.2 Å². The van der Waals surface area contributed by atoms with E-state index in [0.717, 1.165) is 37.1 Å². The number of hydrogen-bond donors (Lipinski definition) is 2. The lowest BCUT2D eigenvalue weighted by molar-refractivity contribution is -0.274. The number of carbonyl (C=O) groups is 2. The van der Waals surface area contributed by atoms with Crippen molar-refractivity contribution in [1.29, 1.82) is 0 Å². The quantitative estimate of drug-likeness (QED) is 0.672. The lowest BCUT2D eigenvalue weighted by atomic mass is 10.2. The van der Waals surface area contributed by atoms with Gasteiger partial charge in [-0.3, -0.25) is 20.4 Å². The summed E-state index contributed by atoms with van der Waals surface area (Å²) in [7, 11) is -3.61. The fourth-order valence-corrected chi connectivity index (χ4v) is 4.44. The SMILES string of the molecule is O=C(NNC(=O)c1ccc(S(=O)(=O)N2CCCC2)cc1)c1ccc(OC(F)(F)F)cc1. The van der Waals surface area contributed by atoms with Gasteiger partial charge in [0.05, 0.1) is 4.90 Å². The summed E-state index contributed by atoms with van der Waals surface area (Å²) in [6, 6.07) is 9.36. The number of rotatable bonds is 5. The molecule has 1 aliphatic rings. The Labute approximate surface area is 176 Å². The van der Waals surface area contributed by atoms with Crippen LogP contribution in [0.25, 0.3) is 0 Å². The molecule has 2 aromatic carbocycles. The molecule has 31 heavy (non-hydrogen) atoms. The van der Waals surface area contributed by atoms with E-state index in [1.807, 2.05) is 0 Å². The molecule has 0 unspecified atom stereocenters. The van der Waals surface area contributed by atoms with Crippen LogP contribution in [-0.2, 0) is 10.0 Å². The fourth-order valence-electron chi connectivity index (χ4n) is 2.92. The summed E-state index contributed by atoms with van der Waals surface area (Å²) in [6.45, 7) is 0.916. The Morgan fingerprint density at radius 3 is 1.74 bits per heavy atom. The lowest BCUT2D eigenvalue weighted by Gasteiger charge is -2.15. The molecule has 0 saturated carbocycles. The molecular weight excluding hydrogens is 439 g/mol. The fraction of sp³-hybridized carbons (Fsp3) is 0.263. The summed E-state index contributed by atoms with van der Waals surface area (Å²) in [6.07, 6.45) is -3.24.